The van der Waals surface area contributed by atoms with Crippen LogP contribution in [0.1, 0.15) is 39.0 Å². The Labute approximate surface area is 99.5 Å². The van der Waals surface area contributed by atoms with Crippen LogP contribution in [0.5, 0.6) is 0 Å². The number of likely N-dealkylation sites (N-methyl/N-ethyl adjacent to an activating group) is 1. The molecule has 0 radical (unpaired) electrons. The first-order valence-corrected chi connectivity index (χ1v) is 6.84. The average Bonchev–Trinajstić information content (AvgIpc) is 2.89. The molecule has 1 aliphatic carbocycles. The summed E-state index contributed by atoms with van der Waals surface area (Å²) < 4.78 is 5.70. The van der Waals surface area contributed by atoms with Gasteiger partial charge in [-0.05, 0) is 45.7 Å². The third-order valence-corrected chi connectivity index (χ3v) is 4.04. The lowest BCUT2D eigenvalue weighted by Crippen LogP contribution is -2.37. The average molecular weight is 226 g/mol. The lowest BCUT2D eigenvalue weighted by molar-refractivity contribution is 0.0684. The van der Waals surface area contributed by atoms with Crippen LogP contribution in [0.2, 0.25) is 0 Å². The molecule has 3 unspecified atom stereocenters. The molecule has 3 heteroatoms. The highest BCUT2D eigenvalue weighted by atomic mass is 16.5. The maximum absolute atomic E-state index is 5.70. The normalized spacial score (nSPS) is 35.1. The quantitative estimate of drug-likeness (QED) is 0.771. The van der Waals surface area contributed by atoms with Crippen molar-refractivity contribution >= 4 is 0 Å². The zero-order valence-corrected chi connectivity index (χ0v) is 10.7. The number of rotatable bonds is 5. The standard InChI is InChI=1S/C13H26N2O/c1-3-14-11-6-7-12(9-11)15(2)10-13-5-4-8-16-13/h11-14H,3-10H2,1-2H3. The molecular formula is C13H26N2O. The minimum atomic E-state index is 0.503. The first kappa shape index (κ1) is 12.3. The Morgan fingerprint density at radius 1 is 1.31 bits per heavy atom. The van der Waals surface area contributed by atoms with Crippen molar-refractivity contribution in [2.75, 3.05) is 26.7 Å². The van der Waals surface area contributed by atoms with E-state index in [9.17, 15) is 0 Å². The Morgan fingerprint density at radius 3 is 2.88 bits per heavy atom. The van der Waals surface area contributed by atoms with Gasteiger partial charge in [-0.3, -0.25) is 0 Å². The maximum Gasteiger partial charge on any atom is 0.0702 e. The summed E-state index contributed by atoms with van der Waals surface area (Å²) >= 11 is 0. The molecule has 0 bridgehead atoms. The van der Waals surface area contributed by atoms with Gasteiger partial charge in [0.05, 0.1) is 6.10 Å². The lowest BCUT2D eigenvalue weighted by atomic mass is 10.1. The molecule has 1 heterocycles. The molecule has 1 saturated heterocycles. The van der Waals surface area contributed by atoms with Gasteiger partial charge in [-0.1, -0.05) is 6.92 Å². The van der Waals surface area contributed by atoms with E-state index in [2.05, 4.69) is 24.2 Å². The van der Waals surface area contributed by atoms with Crippen molar-refractivity contribution in [3.05, 3.63) is 0 Å². The summed E-state index contributed by atoms with van der Waals surface area (Å²) in [5, 5.41) is 3.57. The molecule has 0 aromatic carbocycles. The third-order valence-electron chi connectivity index (χ3n) is 4.04. The van der Waals surface area contributed by atoms with Crippen molar-refractivity contribution in [3.8, 4) is 0 Å². The first-order valence-electron chi connectivity index (χ1n) is 6.84. The fourth-order valence-corrected chi connectivity index (χ4v) is 3.09. The molecule has 1 aliphatic heterocycles. The Bertz CT molecular complexity index is 204. The van der Waals surface area contributed by atoms with Crippen LogP contribution in [0, 0.1) is 0 Å². The van der Waals surface area contributed by atoms with Crippen molar-refractivity contribution in [1.29, 1.82) is 0 Å². The van der Waals surface area contributed by atoms with Crippen LogP contribution in [0.3, 0.4) is 0 Å². The van der Waals surface area contributed by atoms with Gasteiger partial charge in [-0.15, -0.1) is 0 Å². The summed E-state index contributed by atoms with van der Waals surface area (Å²) in [7, 11) is 2.26. The number of nitrogens with one attached hydrogen (secondary N) is 1. The highest BCUT2D eigenvalue weighted by Gasteiger charge is 2.28. The summed E-state index contributed by atoms with van der Waals surface area (Å²) in [6, 6.07) is 1.52. The molecule has 2 aliphatic rings. The van der Waals surface area contributed by atoms with E-state index in [0.29, 0.717) is 6.10 Å². The number of ether oxygens (including phenoxy) is 1. The fourth-order valence-electron chi connectivity index (χ4n) is 3.09. The Hall–Kier alpha value is -0.120. The minimum absolute atomic E-state index is 0.503. The van der Waals surface area contributed by atoms with Crippen molar-refractivity contribution in [2.24, 2.45) is 0 Å². The van der Waals surface area contributed by atoms with E-state index in [0.717, 1.165) is 31.8 Å². The molecule has 0 aromatic heterocycles. The smallest absolute Gasteiger partial charge is 0.0702 e. The second-order valence-electron chi connectivity index (χ2n) is 5.30. The van der Waals surface area contributed by atoms with E-state index in [1.807, 2.05) is 0 Å². The molecule has 16 heavy (non-hydrogen) atoms. The first-order chi connectivity index (χ1) is 7.79. The van der Waals surface area contributed by atoms with Crippen molar-refractivity contribution in [3.63, 3.8) is 0 Å². The molecule has 2 rings (SSSR count). The SMILES string of the molecule is CCNC1CCC(N(C)CC2CCCO2)C1. The summed E-state index contributed by atoms with van der Waals surface area (Å²) in [5.41, 5.74) is 0. The zero-order chi connectivity index (χ0) is 11.4. The summed E-state index contributed by atoms with van der Waals surface area (Å²) in [5.74, 6) is 0. The molecule has 1 saturated carbocycles. The van der Waals surface area contributed by atoms with Gasteiger partial charge in [0.25, 0.3) is 0 Å². The number of hydrogen-bond acceptors (Lipinski definition) is 3. The molecule has 94 valence electrons. The van der Waals surface area contributed by atoms with Crippen LogP contribution in [0.4, 0.5) is 0 Å². The third kappa shape index (κ3) is 3.19. The van der Waals surface area contributed by atoms with Crippen LogP contribution in [0.25, 0.3) is 0 Å². The Morgan fingerprint density at radius 2 is 2.19 bits per heavy atom. The van der Waals surface area contributed by atoms with E-state index < -0.39 is 0 Å². The van der Waals surface area contributed by atoms with Crippen molar-refractivity contribution in [2.45, 2.75) is 57.2 Å². The van der Waals surface area contributed by atoms with Crippen LogP contribution >= 0.6 is 0 Å². The van der Waals surface area contributed by atoms with Gasteiger partial charge in [0, 0.05) is 25.2 Å². The Balaban J connectivity index is 1.71. The molecule has 0 aromatic rings. The minimum Gasteiger partial charge on any atom is -0.377 e. The molecule has 0 spiro atoms. The van der Waals surface area contributed by atoms with Gasteiger partial charge in [0.15, 0.2) is 0 Å². The van der Waals surface area contributed by atoms with Crippen molar-refractivity contribution < 1.29 is 4.74 Å². The highest BCUT2D eigenvalue weighted by molar-refractivity contribution is 4.86. The van der Waals surface area contributed by atoms with E-state index in [4.69, 9.17) is 4.74 Å². The molecule has 1 N–H and O–H groups in total. The van der Waals surface area contributed by atoms with Gasteiger partial charge < -0.3 is 15.0 Å². The van der Waals surface area contributed by atoms with E-state index in [-0.39, 0.29) is 0 Å². The van der Waals surface area contributed by atoms with Crippen LogP contribution in [0.15, 0.2) is 0 Å². The molecule has 3 atom stereocenters. The fraction of sp³-hybridized carbons (Fsp3) is 1.00. The zero-order valence-electron chi connectivity index (χ0n) is 10.7. The van der Waals surface area contributed by atoms with Crippen LogP contribution < -0.4 is 5.32 Å². The highest BCUT2D eigenvalue weighted by Crippen LogP contribution is 2.24. The predicted molar refractivity (Wildman–Crippen MR) is 66.7 cm³/mol. The van der Waals surface area contributed by atoms with Gasteiger partial charge in [0.2, 0.25) is 0 Å². The van der Waals surface area contributed by atoms with E-state index >= 15 is 0 Å². The van der Waals surface area contributed by atoms with Gasteiger partial charge >= 0.3 is 0 Å². The molecular weight excluding hydrogens is 200 g/mol. The molecule has 3 nitrogen and oxygen atoms in total. The van der Waals surface area contributed by atoms with Crippen molar-refractivity contribution in [1.82, 2.24) is 10.2 Å². The van der Waals surface area contributed by atoms with Gasteiger partial charge in [-0.25, -0.2) is 0 Å². The van der Waals surface area contributed by atoms with E-state index in [1.54, 1.807) is 0 Å². The lowest BCUT2D eigenvalue weighted by Gasteiger charge is -2.27. The summed E-state index contributed by atoms with van der Waals surface area (Å²) in [6.07, 6.45) is 7.02. The Kier molecular flexibility index (Phi) is 4.62. The maximum atomic E-state index is 5.70. The van der Waals surface area contributed by atoms with Gasteiger partial charge in [0.1, 0.15) is 0 Å². The van der Waals surface area contributed by atoms with Crippen LogP contribution in [-0.4, -0.2) is 49.8 Å². The van der Waals surface area contributed by atoms with Crippen LogP contribution in [-0.2, 0) is 4.74 Å². The topological polar surface area (TPSA) is 24.5 Å². The molecule has 2 fully saturated rings. The second-order valence-corrected chi connectivity index (χ2v) is 5.30. The number of nitrogens with zero attached hydrogens (tertiary/aromatic N) is 1. The second kappa shape index (κ2) is 5.99. The summed E-state index contributed by atoms with van der Waals surface area (Å²) in [6.45, 7) is 5.41. The number of hydrogen-bond donors (Lipinski definition) is 1. The predicted octanol–water partition coefficient (Wildman–Crippen LogP) is 1.63. The monoisotopic (exact) mass is 226 g/mol. The van der Waals surface area contributed by atoms with E-state index in [1.165, 1.54) is 32.1 Å². The largest absolute Gasteiger partial charge is 0.377 e. The summed E-state index contributed by atoms with van der Waals surface area (Å²) in [4.78, 5) is 2.52. The van der Waals surface area contributed by atoms with Gasteiger partial charge in [-0.2, -0.15) is 0 Å². The molecule has 0 amide bonds.